The molecule has 0 saturated heterocycles. The summed E-state index contributed by atoms with van der Waals surface area (Å²) in [4.78, 5) is 4.69. The standard InChI is InChI=1S/C55H40N2O/c1-55(2)49-24-13-12-22-45(49)46-32-30-44(36-50(46)55)57(42-28-25-38(26-29-42)37-15-6-3-7-16-37)51-33-27-39-17-14-23-47-48-35-43(31-34-52(48)58-54(51)53(39)47)56(40-18-8-4-9-19-40)41-20-10-5-11-21-41/h3-36H,1-2H3. The summed E-state index contributed by atoms with van der Waals surface area (Å²) in [6, 6.07) is 74.1. The molecule has 0 aromatic heterocycles. The van der Waals surface area contributed by atoms with Crippen LogP contribution in [0.2, 0.25) is 0 Å². The molecule has 9 aromatic carbocycles. The molecule has 0 fully saturated rings. The van der Waals surface area contributed by atoms with Gasteiger partial charge < -0.3 is 14.5 Å². The maximum absolute atomic E-state index is 7.17. The number of para-hydroxylation sites is 2. The van der Waals surface area contributed by atoms with Crippen molar-refractivity contribution in [2.45, 2.75) is 19.3 Å². The lowest BCUT2D eigenvalue weighted by molar-refractivity contribution is 0.488. The molecule has 0 amide bonds. The summed E-state index contributed by atoms with van der Waals surface area (Å²) >= 11 is 0. The molecule has 3 nitrogen and oxygen atoms in total. The number of benzene rings is 9. The van der Waals surface area contributed by atoms with E-state index in [1.54, 1.807) is 0 Å². The largest absolute Gasteiger partial charge is 0.454 e. The Hall–Kier alpha value is -7.36. The smallest absolute Gasteiger partial charge is 0.159 e. The predicted molar refractivity (Wildman–Crippen MR) is 242 cm³/mol. The van der Waals surface area contributed by atoms with Gasteiger partial charge in [-0.15, -0.1) is 0 Å². The van der Waals surface area contributed by atoms with E-state index in [0.717, 1.165) is 67.5 Å². The minimum atomic E-state index is -0.143. The van der Waals surface area contributed by atoms with Crippen LogP contribution in [0.15, 0.2) is 206 Å². The summed E-state index contributed by atoms with van der Waals surface area (Å²) in [7, 11) is 0. The molecular weight excluding hydrogens is 705 g/mol. The van der Waals surface area contributed by atoms with Crippen LogP contribution < -0.4 is 14.5 Å². The van der Waals surface area contributed by atoms with Crippen molar-refractivity contribution in [3.63, 3.8) is 0 Å². The number of ether oxygens (including phenoxy) is 1. The normalized spacial score (nSPS) is 12.9. The molecule has 0 spiro atoms. The van der Waals surface area contributed by atoms with E-state index in [-0.39, 0.29) is 5.41 Å². The van der Waals surface area contributed by atoms with Crippen molar-refractivity contribution in [2.75, 3.05) is 9.80 Å². The molecule has 0 saturated carbocycles. The third kappa shape index (κ3) is 5.43. The maximum atomic E-state index is 7.17. The molecule has 0 atom stereocenters. The Morgan fingerprint density at radius 1 is 0.379 bits per heavy atom. The molecule has 2 aliphatic rings. The van der Waals surface area contributed by atoms with Crippen molar-refractivity contribution in [3.8, 4) is 44.9 Å². The van der Waals surface area contributed by atoms with Gasteiger partial charge in [0.25, 0.3) is 0 Å². The Morgan fingerprint density at radius 3 is 1.69 bits per heavy atom. The summed E-state index contributed by atoms with van der Waals surface area (Å²) in [6.45, 7) is 4.69. The maximum Gasteiger partial charge on any atom is 0.159 e. The number of nitrogens with zero attached hydrogens (tertiary/aromatic N) is 2. The first-order valence-corrected chi connectivity index (χ1v) is 20.0. The van der Waals surface area contributed by atoms with E-state index in [1.165, 1.54) is 33.4 Å². The van der Waals surface area contributed by atoms with E-state index < -0.39 is 0 Å². The van der Waals surface area contributed by atoms with Gasteiger partial charge in [-0.25, -0.2) is 0 Å². The minimum Gasteiger partial charge on any atom is -0.454 e. The average Bonchev–Trinajstić information content (AvgIpc) is 3.51. The van der Waals surface area contributed by atoms with Crippen LogP contribution in [0.3, 0.4) is 0 Å². The monoisotopic (exact) mass is 744 g/mol. The highest BCUT2D eigenvalue weighted by molar-refractivity contribution is 6.08. The lowest BCUT2D eigenvalue weighted by Crippen LogP contribution is -2.17. The van der Waals surface area contributed by atoms with Gasteiger partial charge in [-0.1, -0.05) is 147 Å². The van der Waals surface area contributed by atoms with Crippen LogP contribution in [0.5, 0.6) is 11.5 Å². The highest BCUT2D eigenvalue weighted by Crippen LogP contribution is 2.56. The van der Waals surface area contributed by atoms with Crippen molar-refractivity contribution in [3.05, 3.63) is 217 Å². The van der Waals surface area contributed by atoms with Crippen LogP contribution in [-0.4, -0.2) is 0 Å². The quantitative estimate of drug-likeness (QED) is 0.162. The summed E-state index contributed by atoms with van der Waals surface area (Å²) in [6.07, 6.45) is 0. The summed E-state index contributed by atoms with van der Waals surface area (Å²) in [5.41, 5.74) is 16.2. The summed E-state index contributed by atoms with van der Waals surface area (Å²) < 4.78 is 7.17. The van der Waals surface area contributed by atoms with Crippen LogP contribution in [0.1, 0.15) is 25.0 Å². The van der Waals surface area contributed by atoms with Crippen LogP contribution in [-0.2, 0) is 5.41 Å². The first-order chi connectivity index (χ1) is 28.5. The van der Waals surface area contributed by atoms with Gasteiger partial charge in [0, 0.05) is 44.8 Å². The number of hydrogen-bond acceptors (Lipinski definition) is 3. The van der Waals surface area contributed by atoms with E-state index in [1.807, 2.05) is 0 Å². The molecule has 276 valence electrons. The van der Waals surface area contributed by atoms with Crippen molar-refractivity contribution in [2.24, 2.45) is 0 Å². The van der Waals surface area contributed by atoms with Gasteiger partial charge >= 0.3 is 0 Å². The highest BCUT2D eigenvalue weighted by atomic mass is 16.5. The molecule has 3 heteroatoms. The Kier molecular flexibility index (Phi) is 7.84. The molecular formula is C55H40N2O. The molecule has 58 heavy (non-hydrogen) atoms. The predicted octanol–water partition coefficient (Wildman–Crippen LogP) is 15.5. The van der Waals surface area contributed by atoms with E-state index in [4.69, 9.17) is 4.74 Å². The SMILES string of the molecule is CC1(C)c2ccccc2-c2ccc(N(c3ccc(-c4ccccc4)cc3)c3ccc4cccc5c4c3Oc3ccc(N(c4ccccc4)c4ccccc4)cc3-5)cc21. The third-order valence-corrected chi connectivity index (χ3v) is 12.0. The van der Waals surface area contributed by atoms with E-state index in [2.05, 4.69) is 230 Å². The van der Waals surface area contributed by atoms with Gasteiger partial charge in [0.05, 0.1) is 5.69 Å². The topological polar surface area (TPSA) is 15.7 Å². The van der Waals surface area contributed by atoms with Crippen LogP contribution >= 0.6 is 0 Å². The Labute approximate surface area is 339 Å². The van der Waals surface area contributed by atoms with E-state index >= 15 is 0 Å². The zero-order valence-electron chi connectivity index (χ0n) is 32.4. The van der Waals surface area contributed by atoms with Gasteiger partial charge in [-0.2, -0.15) is 0 Å². The zero-order valence-corrected chi connectivity index (χ0v) is 32.4. The van der Waals surface area contributed by atoms with Gasteiger partial charge in [-0.05, 0) is 117 Å². The van der Waals surface area contributed by atoms with Crippen LogP contribution in [0.25, 0.3) is 44.2 Å². The van der Waals surface area contributed by atoms with Gasteiger partial charge in [0.15, 0.2) is 5.75 Å². The molecule has 0 N–H and O–H groups in total. The van der Waals surface area contributed by atoms with Crippen molar-refractivity contribution < 1.29 is 4.74 Å². The second kappa shape index (κ2) is 13.4. The van der Waals surface area contributed by atoms with E-state index in [0.29, 0.717) is 0 Å². The first-order valence-electron chi connectivity index (χ1n) is 20.0. The number of hydrogen-bond donors (Lipinski definition) is 0. The van der Waals surface area contributed by atoms with Crippen LogP contribution in [0, 0.1) is 0 Å². The molecule has 9 aromatic rings. The van der Waals surface area contributed by atoms with Gasteiger partial charge in [0.2, 0.25) is 0 Å². The second-order valence-corrected chi connectivity index (χ2v) is 15.8. The number of anilines is 6. The molecule has 0 radical (unpaired) electrons. The van der Waals surface area contributed by atoms with Crippen molar-refractivity contribution in [1.82, 2.24) is 0 Å². The molecule has 0 bridgehead atoms. The van der Waals surface area contributed by atoms with Gasteiger partial charge in [0.1, 0.15) is 5.75 Å². The van der Waals surface area contributed by atoms with Gasteiger partial charge in [-0.3, -0.25) is 0 Å². The Morgan fingerprint density at radius 2 is 0.948 bits per heavy atom. The second-order valence-electron chi connectivity index (χ2n) is 15.8. The molecule has 1 aliphatic heterocycles. The molecule has 1 aliphatic carbocycles. The summed E-state index contributed by atoms with van der Waals surface area (Å²) in [5, 5.41) is 2.25. The fourth-order valence-electron chi connectivity index (χ4n) is 9.20. The third-order valence-electron chi connectivity index (χ3n) is 12.0. The number of rotatable bonds is 7. The Bertz CT molecular complexity index is 2950. The first kappa shape index (κ1) is 33.9. The van der Waals surface area contributed by atoms with Crippen LogP contribution in [0.4, 0.5) is 34.1 Å². The molecule has 0 unspecified atom stereocenters. The fourth-order valence-corrected chi connectivity index (χ4v) is 9.20. The molecule has 11 rings (SSSR count). The minimum absolute atomic E-state index is 0.143. The molecule has 1 heterocycles. The van der Waals surface area contributed by atoms with Crippen molar-refractivity contribution in [1.29, 1.82) is 0 Å². The lowest BCUT2D eigenvalue weighted by Gasteiger charge is -2.32. The van der Waals surface area contributed by atoms with Crippen molar-refractivity contribution >= 4 is 44.9 Å². The van der Waals surface area contributed by atoms with E-state index in [9.17, 15) is 0 Å². The lowest BCUT2D eigenvalue weighted by atomic mass is 9.82. The fraction of sp³-hybridized carbons (Fsp3) is 0.0545. The number of fused-ring (bicyclic) bond motifs is 5. The average molecular weight is 745 g/mol. The Balaban J connectivity index is 1.09. The zero-order chi connectivity index (χ0) is 38.8. The summed E-state index contributed by atoms with van der Waals surface area (Å²) in [5.74, 6) is 1.69. The highest BCUT2D eigenvalue weighted by Gasteiger charge is 2.36.